The van der Waals surface area contributed by atoms with Gasteiger partial charge < -0.3 is 10.2 Å². The highest BCUT2D eigenvalue weighted by Gasteiger charge is 2.26. The lowest BCUT2D eigenvalue weighted by atomic mass is 10.0. The molecule has 2 amide bonds. The van der Waals surface area contributed by atoms with Gasteiger partial charge in [0.2, 0.25) is 11.8 Å². The SMILES string of the molecule is Cc1ccc(C)c(CC(=O)N(Cc2cccc(Br)c2)[C@H](C)C(=O)NCC(C)C)c1. The Bertz CT molecular complexity index is 864. The Hall–Kier alpha value is -2.14. The van der Waals surface area contributed by atoms with Gasteiger partial charge in [0.25, 0.3) is 0 Å². The van der Waals surface area contributed by atoms with E-state index in [2.05, 4.69) is 35.1 Å². The molecule has 0 spiro atoms. The molecule has 2 aromatic rings. The van der Waals surface area contributed by atoms with Gasteiger partial charge in [0.1, 0.15) is 6.04 Å². The van der Waals surface area contributed by atoms with Crippen molar-refractivity contribution in [3.05, 3.63) is 69.2 Å². The summed E-state index contributed by atoms with van der Waals surface area (Å²) in [4.78, 5) is 27.7. The Morgan fingerprint density at radius 2 is 1.79 bits per heavy atom. The number of aryl methyl sites for hydroxylation is 2. The van der Waals surface area contributed by atoms with Gasteiger partial charge >= 0.3 is 0 Å². The fourth-order valence-electron chi connectivity index (χ4n) is 3.12. The highest BCUT2D eigenvalue weighted by Crippen LogP contribution is 2.18. The minimum atomic E-state index is -0.551. The lowest BCUT2D eigenvalue weighted by molar-refractivity contribution is -0.140. The molecule has 4 nitrogen and oxygen atoms in total. The largest absolute Gasteiger partial charge is 0.354 e. The van der Waals surface area contributed by atoms with Crippen LogP contribution in [0.25, 0.3) is 0 Å². The van der Waals surface area contributed by atoms with Gasteiger partial charge in [-0.1, -0.05) is 65.7 Å². The maximum atomic E-state index is 13.3. The molecule has 0 saturated heterocycles. The minimum absolute atomic E-state index is 0.0501. The van der Waals surface area contributed by atoms with Crippen LogP contribution in [0.1, 0.15) is 43.0 Å². The smallest absolute Gasteiger partial charge is 0.242 e. The van der Waals surface area contributed by atoms with E-state index in [9.17, 15) is 9.59 Å². The summed E-state index contributed by atoms with van der Waals surface area (Å²) in [5, 5.41) is 2.96. The van der Waals surface area contributed by atoms with E-state index in [1.165, 1.54) is 0 Å². The molecule has 5 heteroatoms. The predicted octanol–water partition coefficient (Wildman–Crippen LogP) is 4.80. The summed E-state index contributed by atoms with van der Waals surface area (Å²) >= 11 is 3.48. The molecule has 0 aromatic heterocycles. The summed E-state index contributed by atoms with van der Waals surface area (Å²) in [6.07, 6.45) is 0.281. The number of amides is 2. The van der Waals surface area contributed by atoms with E-state index >= 15 is 0 Å². The molecule has 0 fully saturated rings. The lowest BCUT2D eigenvalue weighted by Gasteiger charge is -2.29. The summed E-state index contributed by atoms with van der Waals surface area (Å²) in [6, 6.07) is 13.4. The van der Waals surface area contributed by atoms with Crippen LogP contribution in [0.3, 0.4) is 0 Å². The van der Waals surface area contributed by atoms with Crippen LogP contribution in [0.2, 0.25) is 0 Å². The van der Waals surface area contributed by atoms with E-state index in [0.29, 0.717) is 19.0 Å². The van der Waals surface area contributed by atoms with Gasteiger partial charge in [0, 0.05) is 17.6 Å². The second-order valence-corrected chi connectivity index (χ2v) is 8.99. The van der Waals surface area contributed by atoms with Crippen LogP contribution in [0.4, 0.5) is 0 Å². The zero-order valence-corrected chi connectivity index (χ0v) is 19.5. The van der Waals surface area contributed by atoms with Crippen LogP contribution in [0, 0.1) is 19.8 Å². The van der Waals surface area contributed by atoms with Crippen LogP contribution in [-0.2, 0) is 22.6 Å². The van der Waals surface area contributed by atoms with Crippen molar-refractivity contribution in [1.82, 2.24) is 10.2 Å². The van der Waals surface area contributed by atoms with Gasteiger partial charge in [-0.15, -0.1) is 0 Å². The number of rotatable bonds is 8. The summed E-state index contributed by atoms with van der Waals surface area (Å²) < 4.78 is 0.953. The third kappa shape index (κ3) is 7.00. The quantitative estimate of drug-likeness (QED) is 0.617. The van der Waals surface area contributed by atoms with Crippen molar-refractivity contribution in [3.63, 3.8) is 0 Å². The van der Waals surface area contributed by atoms with Gasteiger partial charge in [0.05, 0.1) is 6.42 Å². The van der Waals surface area contributed by atoms with E-state index in [1.807, 2.05) is 56.3 Å². The number of hydrogen-bond donors (Lipinski definition) is 1. The van der Waals surface area contributed by atoms with Crippen LogP contribution in [0.15, 0.2) is 46.9 Å². The van der Waals surface area contributed by atoms with Crippen LogP contribution < -0.4 is 5.32 Å². The first-order valence-corrected chi connectivity index (χ1v) is 10.8. The van der Waals surface area contributed by atoms with Crippen molar-refractivity contribution in [3.8, 4) is 0 Å². The number of carbonyl (C=O) groups is 2. The first kappa shape index (κ1) is 23.1. The Morgan fingerprint density at radius 3 is 2.45 bits per heavy atom. The molecule has 0 unspecified atom stereocenters. The minimum Gasteiger partial charge on any atom is -0.354 e. The molecule has 0 bridgehead atoms. The number of nitrogens with one attached hydrogen (secondary N) is 1. The first-order chi connectivity index (χ1) is 13.7. The van der Waals surface area contributed by atoms with Gasteiger partial charge in [-0.2, -0.15) is 0 Å². The van der Waals surface area contributed by atoms with Gasteiger partial charge in [-0.25, -0.2) is 0 Å². The average molecular weight is 459 g/mol. The third-order valence-electron chi connectivity index (χ3n) is 4.94. The molecule has 0 aliphatic carbocycles. The van der Waals surface area contributed by atoms with Crippen LogP contribution in [0.5, 0.6) is 0 Å². The molecule has 29 heavy (non-hydrogen) atoms. The number of hydrogen-bond acceptors (Lipinski definition) is 2. The topological polar surface area (TPSA) is 49.4 Å². The molecule has 156 valence electrons. The van der Waals surface area contributed by atoms with Gasteiger partial charge in [-0.3, -0.25) is 9.59 Å². The molecule has 0 radical (unpaired) electrons. The Labute approximate surface area is 182 Å². The molecule has 1 N–H and O–H groups in total. The predicted molar refractivity (Wildman–Crippen MR) is 122 cm³/mol. The molecule has 0 heterocycles. The molecule has 0 aliphatic rings. The van der Waals surface area contributed by atoms with Crippen molar-refractivity contribution >= 4 is 27.7 Å². The summed E-state index contributed by atoms with van der Waals surface area (Å²) in [5.41, 5.74) is 4.20. The van der Waals surface area contributed by atoms with Crippen molar-refractivity contribution < 1.29 is 9.59 Å². The van der Waals surface area contributed by atoms with Crippen molar-refractivity contribution in [1.29, 1.82) is 0 Å². The Morgan fingerprint density at radius 1 is 1.07 bits per heavy atom. The number of benzene rings is 2. The summed E-state index contributed by atoms with van der Waals surface area (Å²) in [7, 11) is 0. The first-order valence-electron chi connectivity index (χ1n) is 10.0. The van der Waals surface area contributed by atoms with Crippen LogP contribution in [-0.4, -0.2) is 29.3 Å². The van der Waals surface area contributed by atoms with Gasteiger partial charge in [-0.05, 0) is 55.5 Å². The standard InChI is InChI=1S/C24H31BrN2O2/c1-16(2)14-26-24(29)19(5)27(15-20-7-6-8-22(25)12-20)23(28)13-21-11-17(3)9-10-18(21)4/h6-12,16,19H,13-15H2,1-5H3,(H,26,29)/t19-/m1/s1. The lowest BCUT2D eigenvalue weighted by Crippen LogP contribution is -2.48. The fourth-order valence-corrected chi connectivity index (χ4v) is 3.57. The highest BCUT2D eigenvalue weighted by molar-refractivity contribution is 9.10. The third-order valence-corrected chi connectivity index (χ3v) is 5.43. The summed E-state index contributed by atoms with van der Waals surface area (Å²) in [5.74, 6) is 0.184. The van der Waals surface area contributed by atoms with Crippen LogP contribution >= 0.6 is 15.9 Å². The maximum absolute atomic E-state index is 13.3. The molecule has 0 saturated carbocycles. The molecular weight excluding hydrogens is 428 g/mol. The average Bonchev–Trinajstić information content (AvgIpc) is 2.66. The Kier molecular flexibility index (Phi) is 8.45. The normalized spacial score (nSPS) is 12.0. The van der Waals surface area contributed by atoms with E-state index in [0.717, 1.165) is 26.7 Å². The van der Waals surface area contributed by atoms with E-state index in [-0.39, 0.29) is 18.2 Å². The van der Waals surface area contributed by atoms with Crippen molar-refractivity contribution in [2.45, 2.75) is 53.6 Å². The number of carbonyl (C=O) groups excluding carboxylic acids is 2. The molecule has 1 atom stereocenters. The van der Waals surface area contributed by atoms with Crippen molar-refractivity contribution in [2.75, 3.05) is 6.54 Å². The zero-order valence-electron chi connectivity index (χ0n) is 18.0. The molecule has 2 aromatic carbocycles. The van der Waals surface area contributed by atoms with Crippen molar-refractivity contribution in [2.24, 2.45) is 5.92 Å². The van der Waals surface area contributed by atoms with E-state index < -0.39 is 6.04 Å². The fraction of sp³-hybridized carbons (Fsp3) is 0.417. The van der Waals surface area contributed by atoms with E-state index in [1.54, 1.807) is 11.8 Å². The molecular formula is C24H31BrN2O2. The summed E-state index contributed by atoms with van der Waals surface area (Å²) in [6.45, 7) is 10.9. The highest BCUT2D eigenvalue weighted by atomic mass is 79.9. The maximum Gasteiger partial charge on any atom is 0.242 e. The molecule has 0 aliphatic heterocycles. The monoisotopic (exact) mass is 458 g/mol. The zero-order chi connectivity index (χ0) is 21.6. The number of halogens is 1. The number of nitrogens with zero attached hydrogens (tertiary/aromatic N) is 1. The van der Waals surface area contributed by atoms with E-state index in [4.69, 9.17) is 0 Å². The second kappa shape index (κ2) is 10.6. The molecule has 2 rings (SSSR count). The Balaban J connectivity index is 2.25. The second-order valence-electron chi connectivity index (χ2n) is 8.07. The van der Waals surface area contributed by atoms with Gasteiger partial charge in [0.15, 0.2) is 0 Å².